The summed E-state index contributed by atoms with van der Waals surface area (Å²) in [6, 6.07) is 9.70. The van der Waals surface area contributed by atoms with Gasteiger partial charge in [0, 0.05) is 28.1 Å². The van der Waals surface area contributed by atoms with Gasteiger partial charge in [-0.3, -0.25) is 10.3 Å². The average molecular weight is 614 g/mol. The molecule has 0 aliphatic heterocycles. The standard InChI is InChI=1S/C28H25ClFN5O6S/c1-14(15(2)41-28(37)33-18-4-5-23(31-12-18)39-7-6-36)40-25-21(30)11-22-27(35-25)42-26(34-22)20-10-17(29)8-16-9-19(38-3)13-32-24(16)20/h4-5,8-15,36H,6-7H2,1-3H3,(H,33,37)/t14-,15+/m0/s1. The monoisotopic (exact) mass is 613 g/mol. The summed E-state index contributed by atoms with van der Waals surface area (Å²) in [5.41, 5.74) is 2.06. The minimum absolute atomic E-state index is 0.107. The SMILES string of the molecule is COc1cnc2c(-c3nc4cc(F)c(O[C@@H](C)[C@@H](C)OC(=O)Nc5ccc(OCCO)nc5)nc4s3)cc(Cl)cc2c1. The van der Waals surface area contributed by atoms with Crippen molar-refractivity contribution in [2.45, 2.75) is 26.1 Å². The van der Waals surface area contributed by atoms with Crippen LogP contribution in [0.1, 0.15) is 13.8 Å². The third kappa shape index (κ3) is 6.59. The average Bonchev–Trinajstić information content (AvgIpc) is 3.38. The van der Waals surface area contributed by atoms with Gasteiger partial charge in [-0.15, -0.1) is 0 Å². The van der Waals surface area contributed by atoms with Crippen LogP contribution in [0.25, 0.3) is 31.8 Å². The largest absolute Gasteiger partial charge is 0.495 e. The molecule has 11 nitrogen and oxygen atoms in total. The van der Waals surface area contributed by atoms with Gasteiger partial charge in [0.15, 0.2) is 5.82 Å². The highest BCUT2D eigenvalue weighted by molar-refractivity contribution is 7.21. The van der Waals surface area contributed by atoms with Gasteiger partial charge in [-0.2, -0.15) is 4.98 Å². The van der Waals surface area contributed by atoms with Gasteiger partial charge < -0.3 is 24.1 Å². The molecule has 0 saturated carbocycles. The Kier molecular flexibility index (Phi) is 8.80. The zero-order valence-electron chi connectivity index (χ0n) is 22.6. The second kappa shape index (κ2) is 12.7. The molecule has 0 spiro atoms. The minimum Gasteiger partial charge on any atom is -0.495 e. The van der Waals surface area contributed by atoms with Gasteiger partial charge in [0.1, 0.15) is 39.9 Å². The molecule has 0 bridgehead atoms. The molecule has 0 fully saturated rings. The Balaban J connectivity index is 1.28. The molecule has 5 aromatic rings. The van der Waals surface area contributed by atoms with Crippen molar-refractivity contribution in [3.63, 3.8) is 0 Å². The topological polar surface area (TPSA) is 138 Å². The number of rotatable bonds is 10. The number of amides is 1. The van der Waals surface area contributed by atoms with E-state index in [4.69, 9.17) is 35.7 Å². The lowest BCUT2D eigenvalue weighted by Gasteiger charge is -2.21. The molecule has 2 atom stereocenters. The van der Waals surface area contributed by atoms with E-state index in [1.165, 1.54) is 23.6 Å². The highest BCUT2D eigenvalue weighted by atomic mass is 35.5. The van der Waals surface area contributed by atoms with Crippen LogP contribution < -0.4 is 19.5 Å². The number of aliphatic hydroxyl groups excluding tert-OH is 1. The van der Waals surface area contributed by atoms with Crippen molar-refractivity contribution in [2.75, 3.05) is 25.6 Å². The van der Waals surface area contributed by atoms with Gasteiger partial charge in [0.25, 0.3) is 5.88 Å². The molecule has 4 aromatic heterocycles. The molecular weight excluding hydrogens is 589 g/mol. The van der Waals surface area contributed by atoms with Crippen molar-refractivity contribution < 1.29 is 33.2 Å². The fraction of sp³-hybridized carbons (Fsp3) is 0.250. The minimum atomic E-state index is -0.764. The smallest absolute Gasteiger partial charge is 0.412 e. The molecule has 5 rings (SSSR count). The van der Waals surface area contributed by atoms with E-state index in [0.29, 0.717) is 48.8 Å². The number of halogens is 2. The highest BCUT2D eigenvalue weighted by Gasteiger charge is 2.23. The molecule has 0 unspecified atom stereocenters. The summed E-state index contributed by atoms with van der Waals surface area (Å²) in [4.78, 5) is 30.2. The van der Waals surface area contributed by atoms with Crippen LogP contribution >= 0.6 is 22.9 Å². The first-order chi connectivity index (χ1) is 20.2. The van der Waals surface area contributed by atoms with Gasteiger partial charge in [-0.25, -0.2) is 19.2 Å². The molecule has 2 N–H and O–H groups in total. The summed E-state index contributed by atoms with van der Waals surface area (Å²) >= 11 is 7.60. The summed E-state index contributed by atoms with van der Waals surface area (Å²) in [7, 11) is 1.56. The van der Waals surface area contributed by atoms with Crippen LogP contribution in [0.4, 0.5) is 14.9 Å². The first kappa shape index (κ1) is 29.2. The molecule has 14 heteroatoms. The Hall–Kier alpha value is -4.33. The zero-order valence-corrected chi connectivity index (χ0v) is 24.2. The van der Waals surface area contributed by atoms with Crippen LogP contribution in [0, 0.1) is 5.82 Å². The van der Waals surface area contributed by atoms with E-state index >= 15 is 0 Å². The number of carbonyl (C=O) groups excluding carboxylic acids is 1. The van der Waals surface area contributed by atoms with E-state index in [1.54, 1.807) is 51.4 Å². The van der Waals surface area contributed by atoms with Crippen molar-refractivity contribution in [2.24, 2.45) is 0 Å². The molecular formula is C28H25ClFN5O6S. The quantitative estimate of drug-likeness (QED) is 0.196. The lowest BCUT2D eigenvalue weighted by molar-refractivity contribution is 0.0379. The number of thiazole rings is 1. The van der Waals surface area contributed by atoms with E-state index in [2.05, 4.69) is 25.3 Å². The van der Waals surface area contributed by atoms with E-state index < -0.39 is 24.1 Å². The molecule has 1 aromatic carbocycles. The molecule has 0 radical (unpaired) electrons. The second-order valence-electron chi connectivity index (χ2n) is 9.03. The number of hydrogen-bond acceptors (Lipinski definition) is 11. The fourth-order valence-corrected chi connectivity index (χ4v) is 5.02. The number of nitrogens with zero attached hydrogens (tertiary/aromatic N) is 4. The van der Waals surface area contributed by atoms with E-state index in [-0.39, 0.29) is 19.1 Å². The van der Waals surface area contributed by atoms with E-state index in [0.717, 1.165) is 5.39 Å². The van der Waals surface area contributed by atoms with Crippen molar-refractivity contribution in [1.82, 2.24) is 19.9 Å². The van der Waals surface area contributed by atoms with Crippen LogP contribution in [0.5, 0.6) is 17.5 Å². The van der Waals surface area contributed by atoms with E-state index in [9.17, 15) is 9.18 Å². The Morgan fingerprint density at radius 2 is 1.95 bits per heavy atom. The van der Waals surface area contributed by atoms with Crippen LogP contribution in [-0.4, -0.2) is 63.7 Å². The highest BCUT2D eigenvalue weighted by Crippen LogP contribution is 2.37. The maximum atomic E-state index is 15.0. The number of hydrogen-bond donors (Lipinski definition) is 2. The molecule has 0 saturated heterocycles. The number of aromatic nitrogens is 4. The predicted molar refractivity (Wildman–Crippen MR) is 156 cm³/mol. The Morgan fingerprint density at radius 3 is 2.69 bits per heavy atom. The lowest BCUT2D eigenvalue weighted by atomic mass is 10.1. The molecule has 0 aliphatic carbocycles. The predicted octanol–water partition coefficient (Wildman–Crippen LogP) is 5.88. The zero-order chi connectivity index (χ0) is 29.8. The van der Waals surface area contributed by atoms with Gasteiger partial charge in [0.05, 0.1) is 37.3 Å². The summed E-state index contributed by atoms with van der Waals surface area (Å²) in [5.74, 6) is -0.0682. The molecule has 218 valence electrons. The number of methoxy groups -OCH3 is 1. The second-order valence-corrected chi connectivity index (χ2v) is 10.4. The van der Waals surface area contributed by atoms with Crippen molar-refractivity contribution >= 4 is 56.0 Å². The third-order valence-electron chi connectivity index (χ3n) is 6.07. The summed E-state index contributed by atoms with van der Waals surface area (Å²) < 4.78 is 36.6. The molecule has 0 aliphatic rings. The number of benzene rings is 1. The first-order valence-corrected chi connectivity index (χ1v) is 13.9. The van der Waals surface area contributed by atoms with Crippen LogP contribution in [0.15, 0.2) is 48.8 Å². The van der Waals surface area contributed by atoms with Crippen molar-refractivity contribution in [1.29, 1.82) is 0 Å². The van der Waals surface area contributed by atoms with Crippen LogP contribution in [0.2, 0.25) is 5.02 Å². The number of nitrogens with one attached hydrogen (secondary N) is 1. The number of fused-ring (bicyclic) bond motifs is 2. The first-order valence-electron chi connectivity index (χ1n) is 12.7. The van der Waals surface area contributed by atoms with Gasteiger partial charge in [-0.05, 0) is 38.1 Å². The Labute approximate surface area is 248 Å². The summed E-state index contributed by atoms with van der Waals surface area (Å²) in [5, 5.41) is 13.2. The van der Waals surface area contributed by atoms with E-state index in [1.807, 2.05) is 6.07 Å². The summed E-state index contributed by atoms with van der Waals surface area (Å²) in [6.45, 7) is 3.21. The molecule has 1 amide bonds. The Bertz CT molecular complexity index is 1740. The molecule has 42 heavy (non-hydrogen) atoms. The number of pyridine rings is 3. The van der Waals surface area contributed by atoms with Gasteiger partial charge in [0.2, 0.25) is 5.88 Å². The van der Waals surface area contributed by atoms with Gasteiger partial charge in [-0.1, -0.05) is 22.9 Å². The van der Waals surface area contributed by atoms with Crippen LogP contribution in [-0.2, 0) is 4.74 Å². The molecule has 4 heterocycles. The summed E-state index contributed by atoms with van der Waals surface area (Å²) in [6.07, 6.45) is 0.727. The number of carbonyl (C=O) groups is 1. The number of ether oxygens (including phenoxy) is 4. The maximum Gasteiger partial charge on any atom is 0.412 e. The van der Waals surface area contributed by atoms with Crippen molar-refractivity contribution in [3.8, 4) is 28.1 Å². The third-order valence-corrected chi connectivity index (χ3v) is 7.29. The van der Waals surface area contributed by atoms with Crippen LogP contribution in [0.3, 0.4) is 0 Å². The number of aliphatic hydroxyl groups is 1. The normalized spacial score (nSPS) is 12.6. The number of anilines is 1. The maximum absolute atomic E-state index is 15.0. The fourth-order valence-electron chi connectivity index (χ4n) is 3.86. The van der Waals surface area contributed by atoms with Crippen molar-refractivity contribution in [3.05, 3.63) is 59.6 Å². The Morgan fingerprint density at radius 1 is 1.12 bits per heavy atom. The van der Waals surface area contributed by atoms with Gasteiger partial charge >= 0.3 is 6.09 Å². The lowest BCUT2D eigenvalue weighted by Crippen LogP contribution is -2.33.